The molecule has 1 N–H and O–H groups in total. The number of nitrogens with zero attached hydrogens (tertiary/aromatic N) is 1. The highest BCUT2D eigenvalue weighted by Gasteiger charge is 2.32. The lowest BCUT2D eigenvalue weighted by Crippen LogP contribution is -2.29. The Morgan fingerprint density at radius 1 is 1.53 bits per heavy atom. The van der Waals surface area contributed by atoms with E-state index >= 15 is 0 Å². The maximum atomic E-state index is 11.4. The second kappa shape index (κ2) is 3.66. The van der Waals surface area contributed by atoms with Crippen molar-refractivity contribution in [1.82, 2.24) is 0 Å². The SMILES string of the molecule is CC(=O)N1CC(C(C)O)c2ccccc21. The number of aliphatic hydroxyl groups is 1. The second-order valence-corrected chi connectivity index (χ2v) is 4.04. The Balaban J connectivity index is 2.44. The number of amides is 1. The van der Waals surface area contributed by atoms with Gasteiger partial charge < -0.3 is 10.0 Å². The van der Waals surface area contributed by atoms with Crippen LogP contribution in [0.4, 0.5) is 5.69 Å². The molecule has 0 saturated carbocycles. The number of carbonyl (C=O) groups is 1. The highest BCUT2D eigenvalue weighted by atomic mass is 16.3. The van der Waals surface area contributed by atoms with Crippen LogP contribution in [0.1, 0.15) is 25.3 Å². The summed E-state index contributed by atoms with van der Waals surface area (Å²) in [5.41, 5.74) is 2.01. The Morgan fingerprint density at radius 3 is 2.80 bits per heavy atom. The number of hydrogen-bond donors (Lipinski definition) is 1. The van der Waals surface area contributed by atoms with Crippen LogP contribution in [0, 0.1) is 0 Å². The molecule has 0 spiro atoms. The Morgan fingerprint density at radius 2 is 2.20 bits per heavy atom. The first-order valence-corrected chi connectivity index (χ1v) is 5.16. The van der Waals surface area contributed by atoms with Crippen LogP contribution < -0.4 is 4.90 Å². The number of anilines is 1. The molecular formula is C12H15NO2. The van der Waals surface area contributed by atoms with Crippen molar-refractivity contribution < 1.29 is 9.90 Å². The molecular weight excluding hydrogens is 190 g/mol. The van der Waals surface area contributed by atoms with E-state index in [0.29, 0.717) is 6.54 Å². The average Bonchev–Trinajstić information content (AvgIpc) is 2.56. The third kappa shape index (κ3) is 1.63. The first kappa shape index (κ1) is 10.2. The summed E-state index contributed by atoms with van der Waals surface area (Å²) in [5.74, 6) is 0.0794. The van der Waals surface area contributed by atoms with Gasteiger partial charge in [-0.2, -0.15) is 0 Å². The molecule has 2 atom stereocenters. The van der Waals surface area contributed by atoms with E-state index in [0.717, 1.165) is 11.3 Å². The van der Waals surface area contributed by atoms with E-state index in [1.54, 1.807) is 18.7 Å². The summed E-state index contributed by atoms with van der Waals surface area (Å²) in [6.07, 6.45) is -0.421. The van der Waals surface area contributed by atoms with Gasteiger partial charge in [-0.3, -0.25) is 4.79 Å². The molecule has 1 aromatic rings. The van der Waals surface area contributed by atoms with Gasteiger partial charge in [-0.15, -0.1) is 0 Å². The molecule has 2 rings (SSSR count). The largest absolute Gasteiger partial charge is 0.393 e. The third-order valence-corrected chi connectivity index (χ3v) is 2.97. The Bertz CT molecular complexity index is 387. The molecule has 0 radical (unpaired) electrons. The van der Waals surface area contributed by atoms with E-state index in [1.807, 2.05) is 24.3 Å². The van der Waals surface area contributed by atoms with Gasteiger partial charge in [0, 0.05) is 25.1 Å². The fourth-order valence-corrected chi connectivity index (χ4v) is 2.15. The summed E-state index contributed by atoms with van der Waals surface area (Å²) >= 11 is 0. The quantitative estimate of drug-likeness (QED) is 0.755. The molecule has 15 heavy (non-hydrogen) atoms. The normalized spacial score (nSPS) is 21.3. The topological polar surface area (TPSA) is 40.5 Å². The van der Waals surface area contributed by atoms with Gasteiger partial charge in [0.15, 0.2) is 0 Å². The number of benzene rings is 1. The summed E-state index contributed by atoms with van der Waals surface area (Å²) in [6.45, 7) is 3.92. The van der Waals surface area contributed by atoms with Crippen LogP contribution in [0.3, 0.4) is 0 Å². The van der Waals surface area contributed by atoms with Crippen LogP contribution in [-0.2, 0) is 4.79 Å². The molecule has 80 valence electrons. The smallest absolute Gasteiger partial charge is 0.223 e. The van der Waals surface area contributed by atoms with E-state index in [-0.39, 0.29) is 11.8 Å². The number of carbonyl (C=O) groups excluding carboxylic acids is 1. The van der Waals surface area contributed by atoms with Crippen molar-refractivity contribution in [3.05, 3.63) is 29.8 Å². The lowest BCUT2D eigenvalue weighted by atomic mass is 9.97. The molecule has 0 bridgehead atoms. The van der Waals surface area contributed by atoms with E-state index in [9.17, 15) is 9.90 Å². The van der Waals surface area contributed by atoms with Crippen molar-refractivity contribution in [1.29, 1.82) is 0 Å². The molecule has 1 aliphatic heterocycles. The summed E-state index contributed by atoms with van der Waals surface area (Å²) in [6, 6.07) is 7.77. The molecule has 3 nitrogen and oxygen atoms in total. The maximum Gasteiger partial charge on any atom is 0.223 e. The molecule has 0 saturated heterocycles. The van der Waals surface area contributed by atoms with Gasteiger partial charge in [0.25, 0.3) is 0 Å². The second-order valence-electron chi connectivity index (χ2n) is 4.04. The lowest BCUT2D eigenvalue weighted by molar-refractivity contribution is -0.116. The minimum Gasteiger partial charge on any atom is -0.393 e. The number of fused-ring (bicyclic) bond motifs is 1. The van der Waals surface area contributed by atoms with Gasteiger partial charge in [0.1, 0.15) is 0 Å². The van der Waals surface area contributed by atoms with Crippen LogP contribution >= 0.6 is 0 Å². The number of aliphatic hydroxyl groups excluding tert-OH is 1. The van der Waals surface area contributed by atoms with E-state index in [1.165, 1.54) is 0 Å². The zero-order valence-electron chi connectivity index (χ0n) is 8.97. The van der Waals surface area contributed by atoms with Gasteiger partial charge >= 0.3 is 0 Å². The van der Waals surface area contributed by atoms with Crippen molar-refractivity contribution in [2.24, 2.45) is 0 Å². The van der Waals surface area contributed by atoms with Crippen LogP contribution in [0.5, 0.6) is 0 Å². The average molecular weight is 205 g/mol. The molecule has 1 aliphatic rings. The summed E-state index contributed by atoms with van der Waals surface area (Å²) in [7, 11) is 0. The minimum atomic E-state index is -0.421. The summed E-state index contributed by atoms with van der Waals surface area (Å²) in [5, 5.41) is 9.66. The number of para-hydroxylation sites is 1. The van der Waals surface area contributed by atoms with Crippen LogP contribution in [0.25, 0.3) is 0 Å². The first-order valence-electron chi connectivity index (χ1n) is 5.16. The molecule has 0 aliphatic carbocycles. The van der Waals surface area contributed by atoms with E-state index in [2.05, 4.69) is 0 Å². The highest BCUT2D eigenvalue weighted by Crippen LogP contribution is 2.37. The Hall–Kier alpha value is -1.35. The van der Waals surface area contributed by atoms with E-state index < -0.39 is 6.10 Å². The fraction of sp³-hybridized carbons (Fsp3) is 0.417. The lowest BCUT2D eigenvalue weighted by Gasteiger charge is -2.16. The van der Waals surface area contributed by atoms with Crippen LogP contribution in [0.15, 0.2) is 24.3 Å². The molecule has 2 unspecified atom stereocenters. The minimum absolute atomic E-state index is 0.0330. The maximum absolute atomic E-state index is 11.4. The van der Waals surface area contributed by atoms with Gasteiger partial charge in [-0.1, -0.05) is 18.2 Å². The van der Waals surface area contributed by atoms with Crippen molar-refractivity contribution in [3.63, 3.8) is 0 Å². The van der Waals surface area contributed by atoms with Gasteiger partial charge in [-0.25, -0.2) is 0 Å². The van der Waals surface area contributed by atoms with E-state index in [4.69, 9.17) is 0 Å². The first-order chi connectivity index (χ1) is 7.11. The zero-order chi connectivity index (χ0) is 11.0. The Labute approximate surface area is 89.3 Å². The van der Waals surface area contributed by atoms with Crippen molar-refractivity contribution in [2.45, 2.75) is 25.9 Å². The molecule has 1 amide bonds. The molecule has 0 aromatic heterocycles. The highest BCUT2D eigenvalue weighted by molar-refractivity contribution is 5.94. The standard InChI is InChI=1S/C12H15NO2/c1-8(14)11-7-13(9(2)15)12-6-4-3-5-10(11)12/h3-6,8,11,14H,7H2,1-2H3. The molecule has 3 heteroatoms. The van der Waals surface area contributed by atoms with Crippen molar-refractivity contribution in [3.8, 4) is 0 Å². The number of rotatable bonds is 1. The third-order valence-electron chi connectivity index (χ3n) is 2.97. The van der Waals surface area contributed by atoms with Crippen LogP contribution in [0.2, 0.25) is 0 Å². The summed E-state index contributed by atoms with van der Waals surface area (Å²) in [4.78, 5) is 13.2. The molecule has 0 fully saturated rings. The number of hydrogen-bond acceptors (Lipinski definition) is 2. The Kier molecular flexibility index (Phi) is 2.49. The predicted molar refractivity (Wildman–Crippen MR) is 58.9 cm³/mol. The molecule has 1 heterocycles. The monoisotopic (exact) mass is 205 g/mol. The fourth-order valence-electron chi connectivity index (χ4n) is 2.15. The van der Waals surface area contributed by atoms with Crippen LogP contribution in [-0.4, -0.2) is 23.7 Å². The summed E-state index contributed by atoms with van der Waals surface area (Å²) < 4.78 is 0. The van der Waals surface area contributed by atoms with Gasteiger partial charge in [0.2, 0.25) is 5.91 Å². The van der Waals surface area contributed by atoms with Gasteiger partial charge in [0.05, 0.1) is 6.10 Å². The van der Waals surface area contributed by atoms with Crippen molar-refractivity contribution >= 4 is 11.6 Å². The van der Waals surface area contributed by atoms with Gasteiger partial charge in [-0.05, 0) is 18.6 Å². The molecule has 1 aromatic carbocycles. The van der Waals surface area contributed by atoms with Crippen molar-refractivity contribution in [2.75, 3.05) is 11.4 Å². The predicted octanol–water partition coefficient (Wildman–Crippen LogP) is 1.52. The zero-order valence-corrected chi connectivity index (χ0v) is 8.97.